The second-order valence-electron chi connectivity index (χ2n) is 2.81. The fraction of sp³-hybridized carbons (Fsp3) is 0.200. The van der Waals surface area contributed by atoms with Crippen LogP contribution in [0.1, 0.15) is 17.3 Å². The third-order valence-electron chi connectivity index (χ3n) is 1.90. The van der Waals surface area contributed by atoms with E-state index >= 15 is 0 Å². The first-order valence-corrected chi connectivity index (χ1v) is 4.75. The molecule has 1 N–H and O–H groups in total. The molecule has 0 aliphatic rings. The highest BCUT2D eigenvalue weighted by molar-refractivity contribution is 6.34. The van der Waals surface area contributed by atoms with Crippen LogP contribution in [0.15, 0.2) is 24.3 Å². The van der Waals surface area contributed by atoms with Gasteiger partial charge in [0.15, 0.2) is 0 Å². The van der Waals surface area contributed by atoms with Crippen molar-refractivity contribution in [2.45, 2.75) is 6.92 Å². The van der Waals surface area contributed by atoms with Crippen LogP contribution in [-0.4, -0.2) is 28.6 Å². The smallest absolute Gasteiger partial charge is 0.414 e. The predicted molar refractivity (Wildman–Crippen MR) is 56.2 cm³/mol. The van der Waals surface area contributed by atoms with E-state index in [0.29, 0.717) is 4.90 Å². The van der Waals surface area contributed by atoms with Crippen LogP contribution in [0.4, 0.5) is 4.79 Å². The number of carbonyl (C=O) groups excluding carboxylic acids is 1. The summed E-state index contributed by atoms with van der Waals surface area (Å²) in [7, 11) is 0. The largest absolute Gasteiger partial charge is 0.465 e. The molecule has 0 spiro atoms. The highest BCUT2D eigenvalue weighted by Gasteiger charge is 2.21. The van der Waals surface area contributed by atoms with Gasteiger partial charge in [-0.1, -0.05) is 23.7 Å². The second-order valence-corrected chi connectivity index (χ2v) is 3.22. The van der Waals surface area contributed by atoms with Gasteiger partial charge in [-0.3, -0.25) is 4.79 Å². The van der Waals surface area contributed by atoms with Crippen molar-refractivity contribution in [3.05, 3.63) is 34.9 Å². The molecule has 0 aromatic heterocycles. The zero-order valence-electron chi connectivity index (χ0n) is 8.11. The number of imide groups is 1. The van der Waals surface area contributed by atoms with Gasteiger partial charge < -0.3 is 5.11 Å². The molecule has 5 heteroatoms. The van der Waals surface area contributed by atoms with Crippen LogP contribution in [0.3, 0.4) is 0 Å². The Labute approximate surface area is 92.1 Å². The summed E-state index contributed by atoms with van der Waals surface area (Å²) in [5.74, 6) is -0.601. The molecule has 1 aromatic rings. The van der Waals surface area contributed by atoms with E-state index in [2.05, 4.69) is 0 Å². The Morgan fingerprint density at radius 2 is 2.00 bits per heavy atom. The lowest BCUT2D eigenvalue weighted by molar-refractivity contribution is 0.0751. The molecule has 0 unspecified atom stereocenters. The van der Waals surface area contributed by atoms with Gasteiger partial charge >= 0.3 is 6.09 Å². The van der Waals surface area contributed by atoms with E-state index in [4.69, 9.17) is 16.7 Å². The summed E-state index contributed by atoms with van der Waals surface area (Å²) in [6, 6.07) is 6.35. The molecule has 0 aliphatic carbocycles. The third kappa shape index (κ3) is 2.47. The molecule has 4 nitrogen and oxygen atoms in total. The van der Waals surface area contributed by atoms with Gasteiger partial charge in [0.05, 0.1) is 10.6 Å². The van der Waals surface area contributed by atoms with Crippen molar-refractivity contribution < 1.29 is 14.7 Å². The van der Waals surface area contributed by atoms with Gasteiger partial charge in [-0.15, -0.1) is 0 Å². The first kappa shape index (κ1) is 11.5. The quantitative estimate of drug-likeness (QED) is 0.845. The lowest BCUT2D eigenvalue weighted by Gasteiger charge is -2.15. The summed E-state index contributed by atoms with van der Waals surface area (Å²) in [5.41, 5.74) is 0.198. The van der Waals surface area contributed by atoms with Crippen LogP contribution in [0.5, 0.6) is 0 Å². The minimum Gasteiger partial charge on any atom is -0.465 e. The Balaban J connectivity index is 3.03. The third-order valence-corrected chi connectivity index (χ3v) is 2.23. The average molecular weight is 228 g/mol. The minimum atomic E-state index is -1.28. The van der Waals surface area contributed by atoms with Gasteiger partial charge in [0.1, 0.15) is 0 Å². The van der Waals surface area contributed by atoms with Gasteiger partial charge in [-0.05, 0) is 19.1 Å². The molecule has 1 aromatic carbocycles. The van der Waals surface area contributed by atoms with Crippen molar-refractivity contribution >= 4 is 23.6 Å². The molecule has 2 amide bonds. The average Bonchev–Trinajstić information content (AvgIpc) is 2.18. The van der Waals surface area contributed by atoms with E-state index in [1.165, 1.54) is 6.07 Å². The van der Waals surface area contributed by atoms with Crippen LogP contribution >= 0.6 is 11.6 Å². The number of hydrogen-bond donors (Lipinski definition) is 1. The van der Waals surface area contributed by atoms with Crippen LogP contribution in [0, 0.1) is 0 Å². The summed E-state index contributed by atoms with van der Waals surface area (Å²) in [6.07, 6.45) is -1.28. The van der Waals surface area contributed by atoms with E-state index in [1.807, 2.05) is 0 Å². The number of benzene rings is 1. The molecule has 0 saturated heterocycles. The van der Waals surface area contributed by atoms with Crippen LogP contribution < -0.4 is 0 Å². The standard InChI is InChI=1S/C10H10ClNO3/c1-2-12(10(14)15)9(13)7-5-3-4-6-8(7)11/h3-6H,2H2,1H3,(H,14,15). The van der Waals surface area contributed by atoms with Gasteiger partial charge in [0.25, 0.3) is 5.91 Å². The van der Waals surface area contributed by atoms with Gasteiger partial charge in [-0.25, -0.2) is 9.69 Å². The maximum atomic E-state index is 11.7. The number of nitrogens with zero attached hydrogens (tertiary/aromatic N) is 1. The van der Waals surface area contributed by atoms with Crippen LogP contribution in [0.25, 0.3) is 0 Å². The Morgan fingerprint density at radius 1 is 1.40 bits per heavy atom. The summed E-state index contributed by atoms with van der Waals surface area (Å²) in [6.45, 7) is 1.68. The lowest BCUT2D eigenvalue weighted by atomic mass is 10.2. The number of carbonyl (C=O) groups is 2. The van der Waals surface area contributed by atoms with Gasteiger partial charge in [0.2, 0.25) is 0 Å². The molecular weight excluding hydrogens is 218 g/mol. The molecule has 0 aliphatic heterocycles. The molecule has 0 bridgehead atoms. The number of halogens is 1. The predicted octanol–water partition coefficient (Wildman–Crippen LogP) is 2.48. The van der Waals surface area contributed by atoms with Crippen molar-refractivity contribution in [2.24, 2.45) is 0 Å². The highest BCUT2D eigenvalue weighted by Crippen LogP contribution is 2.16. The van der Waals surface area contributed by atoms with Gasteiger partial charge in [-0.2, -0.15) is 0 Å². The zero-order valence-corrected chi connectivity index (χ0v) is 8.86. The maximum Gasteiger partial charge on any atom is 0.414 e. The molecule has 0 fully saturated rings. The zero-order chi connectivity index (χ0) is 11.4. The molecule has 80 valence electrons. The molecule has 0 radical (unpaired) electrons. The van der Waals surface area contributed by atoms with E-state index in [1.54, 1.807) is 25.1 Å². The summed E-state index contributed by atoms with van der Waals surface area (Å²) in [4.78, 5) is 23.1. The molecule has 0 saturated carbocycles. The number of hydrogen-bond acceptors (Lipinski definition) is 2. The monoisotopic (exact) mass is 227 g/mol. The fourth-order valence-electron chi connectivity index (χ4n) is 1.15. The molecule has 15 heavy (non-hydrogen) atoms. The highest BCUT2D eigenvalue weighted by atomic mass is 35.5. The minimum absolute atomic E-state index is 0.0966. The summed E-state index contributed by atoms with van der Waals surface area (Å²) < 4.78 is 0. The van der Waals surface area contributed by atoms with E-state index in [9.17, 15) is 9.59 Å². The van der Waals surface area contributed by atoms with Gasteiger partial charge in [0, 0.05) is 6.54 Å². The van der Waals surface area contributed by atoms with Crippen molar-refractivity contribution in [1.82, 2.24) is 4.90 Å². The van der Waals surface area contributed by atoms with Crippen LogP contribution in [-0.2, 0) is 0 Å². The molecular formula is C10H10ClNO3. The molecule has 0 atom stereocenters. The number of amides is 2. The Bertz CT molecular complexity index is 392. The van der Waals surface area contributed by atoms with Crippen molar-refractivity contribution in [1.29, 1.82) is 0 Å². The second kappa shape index (κ2) is 4.79. The number of carboxylic acid groups (broad SMARTS) is 1. The number of rotatable bonds is 2. The van der Waals surface area contributed by atoms with Crippen LogP contribution in [0.2, 0.25) is 5.02 Å². The Hall–Kier alpha value is -1.55. The summed E-state index contributed by atoms with van der Waals surface area (Å²) in [5, 5.41) is 9.01. The SMILES string of the molecule is CCN(C(=O)O)C(=O)c1ccccc1Cl. The van der Waals surface area contributed by atoms with Crippen molar-refractivity contribution in [3.8, 4) is 0 Å². The first-order chi connectivity index (χ1) is 7.07. The molecule has 0 heterocycles. The first-order valence-electron chi connectivity index (χ1n) is 4.37. The maximum absolute atomic E-state index is 11.7. The Morgan fingerprint density at radius 3 is 2.47 bits per heavy atom. The lowest BCUT2D eigenvalue weighted by Crippen LogP contribution is -2.35. The van der Waals surface area contributed by atoms with Crippen molar-refractivity contribution in [2.75, 3.05) is 6.54 Å². The van der Waals surface area contributed by atoms with Crippen molar-refractivity contribution in [3.63, 3.8) is 0 Å². The topological polar surface area (TPSA) is 57.6 Å². The van der Waals surface area contributed by atoms with E-state index in [-0.39, 0.29) is 17.1 Å². The summed E-state index contributed by atoms with van der Waals surface area (Å²) >= 11 is 5.78. The van der Waals surface area contributed by atoms with E-state index < -0.39 is 12.0 Å². The Kier molecular flexibility index (Phi) is 3.68. The fourth-order valence-corrected chi connectivity index (χ4v) is 1.36. The normalized spacial score (nSPS) is 9.73. The van der Waals surface area contributed by atoms with E-state index in [0.717, 1.165) is 0 Å². The molecule has 1 rings (SSSR count).